The van der Waals surface area contributed by atoms with E-state index in [4.69, 9.17) is 5.73 Å². The molecule has 0 unspecified atom stereocenters. The largest absolute Gasteiger partial charge is 0.378 e. The molecule has 2 N–H and O–H groups in total. The highest BCUT2D eigenvalue weighted by molar-refractivity contribution is 5.49. The minimum Gasteiger partial charge on any atom is -0.378 e. The fourth-order valence-corrected chi connectivity index (χ4v) is 1.08. The topological polar surface area (TPSA) is 29.3 Å². The summed E-state index contributed by atoms with van der Waals surface area (Å²) in [4.78, 5) is 2.07. The third-order valence-corrected chi connectivity index (χ3v) is 1.89. The molecule has 0 saturated heterocycles. The third kappa shape index (κ3) is 3.12. The Balaban J connectivity index is 2.70. The molecule has 0 aliphatic rings. The molecule has 1 rings (SSSR count). The van der Waals surface area contributed by atoms with Crippen molar-refractivity contribution in [1.82, 2.24) is 0 Å². The van der Waals surface area contributed by atoms with Crippen molar-refractivity contribution in [3.8, 4) is 11.8 Å². The number of nitrogens with zero attached hydrogens (tertiary/aromatic N) is 1. The van der Waals surface area contributed by atoms with Crippen LogP contribution < -0.4 is 10.6 Å². The molecule has 0 aromatic heterocycles. The maximum atomic E-state index is 5.35. The predicted molar refractivity (Wildman–Crippen MR) is 61.3 cm³/mol. The van der Waals surface area contributed by atoms with Crippen molar-refractivity contribution in [2.24, 2.45) is 5.73 Å². The van der Waals surface area contributed by atoms with Gasteiger partial charge in [0.2, 0.25) is 0 Å². The van der Waals surface area contributed by atoms with Crippen LogP contribution in [0, 0.1) is 11.8 Å². The molecule has 1 aromatic rings. The summed E-state index contributed by atoms with van der Waals surface area (Å²) in [6, 6.07) is 8.18. The van der Waals surface area contributed by atoms with Gasteiger partial charge in [0, 0.05) is 38.3 Å². The van der Waals surface area contributed by atoms with Crippen molar-refractivity contribution in [3.63, 3.8) is 0 Å². The highest BCUT2D eigenvalue weighted by Crippen LogP contribution is 2.11. The molecule has 2 nitrogen and oxygen atoms in total. The van der Waals surface area contributed by atoms with Gasteiger partial charge in [-0.3, -0.25) is 0 Å². The van der Waals surface area contributed by atoms with Crippen molar-refractivity contribution >= 4 is 5.69 Å². The zero-order chi connectivity index (χ0) is 10.4. The van der Waals surface area contributed by atoms with Gasteiger partial charge in [-0.15, -0.1) is 0 Å². The summed E-state index contributed by atoms with van der Waals surface area (Å²) in [6.07, 6.45) is 0.759. The van der Waals surface area contributed by atoms with Gasteiger partial charge >= 0.3 is 0 Å². The smallest absolute Gasteiger partial charge is 0.0361 e. The molecule has 0 heterocycles. The first-order valence-corrected chi connectivity index (χ1v) is 4.70. The average molecular weight is 188 g/mol. The van der Waals surface area contributed by atoms with E-state index in [2.05, 4.69) is 28.9 Å². The van der Waals surface area contributed by atoms with E-state index in [9.17, 15) is 0 Å². The van der Waals surface area contributed by atoms with E-state index in [1.165, 1.54) is 5.69 Å². The highest BCUT2D eigenvalue weighted by atomic mass is 15.1. The summed E-state index contributed by atoms with van der Waals surface area (Å²) in [5.74, 6) is 6.07. The number of nitrogens with two attached hydrogens (primary N) is 1. The van der Waals surface area contributed by atoms with Crippen LogP contribution in [0.3, 0.4) is 0 Å². The summed E-state index contributed by atoms with van der Waals surface area (Å²) >= 11 is 0. The molecular formula is C12H16N2. The van der Waals surface area contributed by atoms with Crippen LogP contribution in [0.1, 0.15) is 12.0 Å². The molecule has 0 aliphatic heterocycles. The fourth-order valence-electron chi connectivity index (χ4n) is 1.08. The maximum absolute atomic E-state index is 5.35. The minimum atomic E-state index is 0.628. The standard InChI is InChI=1S/C12H16N2/c1-14(2)12-8-6-11(7-9-12)5-3-4-10-13/h6-9H,4,10,13H2,1-2H3. The molecule has 0 bridgehead atoms. The van der Waals surface area contributed by atoms with E-state index in [0.29, 0.717) is 6.54 Å². The van der Waals surface area contributed by atoms with E-state index in [0.717, 1.165) is 12.0 Å². The van der Waals surface area contributed by atoms with Crippen LogP contribution in [-0.4, -0.2) is 20.6 Å². The normalized spacial score (nSPS) is 9.07. The number of rotatable bonds is 2. The maximum Gasteiger partial charge on any atom is 0.0361 e. The Morgan fingerprint density at radius 3 is 2.36 bits per heavy atom. The van der Waals surface area contributed by atoms with Crippen molar-refractivity contribution in [3.05, 3.63) is 29.8 Å². The predicted octanol–water partition coefficient (Wildman–Crippen LogP) is 1.45. The molecule has 74 valence electrons. The van der Waals surface area contributed by atoms with Gasteiger partial charge in [-0.05, 0) is 24.3 Å². The Hall–Kier alpha value is -1.46. The van der Waals surface area contributed by atoms with Gasteiger partial charge in [0.25, 0.3) is 0 Å². The lowest BCUT2D eigenvalue weighted by Crippen LogP contribution is -2.07. The number of hydrogen-bond donors (Lipinski definition) is 1. The molecule has 1 aromatic carbocycles. The van der Waals surface area contributed by atoms with Gasteiger partial charge in [0.1, 0.15) is 0 Å². The molecule has 0 atom stereocenters. The number of benzene rings is 1. The Morgan fingerprint density at radius 2 is 1.86 bits per heavy atom. The quantitative estimate of drug-likeness (QED) is 0.712. The van der Waals surface area contributed by atoms with Crippen molar-refractivity contribution in [2.75, 3.05) is 25.5 Å². The van der Waals surface area contributed by atoms with Crippen LogP contribution in [0.25, 0.3) is 0 Å². The van der Waals surface area contributed by atoms with Crippen LogP contribution in [-0.2, 0) is 0 Å². The zero-order valence-electron chi connectivity index (χ0n) is 8.75. The Kier molecular flexibility index (Phi) is 4.03. The van der Waals surface area contributed by atoms with E-state index in [1.807, 2.05) is 26.2 Å². The van der Waals surface area contributed by atoms with Gasteiger partial charge in [0.05, 0.1) is 0 Å². The Labute approximate surface area is 85.7 Å². The number of hydrogen-bond acceptors (Lipinski definition) is 2. The van der Waals surface area contributed by atoms with Crippen molar-refractivity contribution in [2.45, 2.75) is 6.42 Å². The summed E-state index contributed by atoms with van der Waals surface area (Å²) in [7, 11) is 4.05. The molecule has 0 amide bonds. The van der Waals surface area contributed by atoms with Gasteiger partial charge in [-0.1, -0.05) is 11.8 Å². The number of anilines is 1. The van der Waals surface area contributed by atoms with Gasteiger partial charge in [-0.25, -0.2) is 0 Å². The molecule has 0 fully saturated rings. The van der Waals surface area contributed by atoms with E-state index in [1.54, 1.807) is 0 Å². The van der Waals surface area contributed by atoms with Crippen LogP contribution in [0.5, 0.6) is 0 Å². The SMILES string of the molecule is CN(C)c1ccc(C#CCCN)cc1. The van der Waals surface area contributed by atoms with E-state index < -0.39 is 0 Å². The van der Waals surface area contributed by atoms with E-state index >= 15 is 0 Å². The Bertz CT molecular complexity index is 328. The van der Waals surface area contributed by atoms with Crippen LogP contribution in [0.15, 0.2) is 24.3 Å². The van der Waals surface area contributed by atoms with Crippen LogP contribution in [0.4, 0.5) is 5.69 Å². The first-order valence-electron chi connectivity index (χ1n) is 4.70. The third-order valence-electron chi connectivity index (χ3n) is 1.89. The molecule has 0 radical (unpaired) electrons. The summed E-state index contributed by atoms with van der Waals surface area (Å²) < 4.78 is 0. The lowest BCUT2D eigenvalue weighted by molar-refractivity contribution is 1.03. The summed E-state index contributed by atoms with van der Waals surface area (Å²) in [5, 5.41) is 0. The average Bonchev–Trinajstić information content (AvgIpc) is 2.19. The summed E-state index contributed by atoms with van der Waals surface area (Å²) in [6.45, 7) is 0.628. The monoisotopic (exact) mass is 188 g/mol. The second-order valence-corrected chi connectivity index (χ2v) is 3.28. The van der Waals surface area contributed by atoms with E-state index in [-0.39, 0.29) is 0 Å². The minimum absolute atomic E-state index is 0.628. The molecule has 0 spiro atoms. The van der Waals surface area contributed by atoms with Crippen LogP contribution >= 0.6 is 0 Å². The second kappa shape index (κ2) is 5.31. The first-order chi connectivity index (χ1) is 6.74. The fraction of sp³-hybridized carbons (Fsp3) is 0.333. The van der Waals surface area contributed by atoms with Crippen LogP contribution in [0.2, 0.25) is 0 Å². The van der Waals surface area contributed by atoms with Crippen molar-refractivity contribution in [1.29, 1.82) is 0 Å². The van der Waals surface area contributed by atoms with Crippen molar-refractivity contribution < 1.29 is 0 Å². The zero-order valence-corrected chi connectivity index (χ0v) is 8.75. The Morgan fingerprint density at radius 1 is 1.21 bits per heavy atom. The molecule has 14 heavy (non-hydrogen) atoms. The first kappa shape index (κ1) is 10.6. The molecule has 0 saturated carbocycles. The lowest BCUT2D eigenvalue weighted by Gasteiger charge is -2.11. The highest BCUT2D eigenvalue weighted by Gasteiger charge is 1.92. The molecule has 2 heteroatoms. The van der Waals surface area contributed by atoms with Gasteiger partial charge in [-0.2, -0.15) is 0 Å². The summed E-state index contributed by atoms with van der Waals surface area (Å²) in [5.41, 5.74) is 7.58. The van der Waals surface area contributed by atoms with Gasteiger partial charge < -0.3 is 10.6 Å². The lowest BCUT2D eigenvalue weighted by atomic mass is 10.2. The second-order valence-electron chi connectivity index (χ2n) is 3.28. The molecule has 0 aliphatic carbocycles. The van der Waals surface area contributed by atoms with Gasteiger partial charge in [0.15, 0.2) is 0 Å². The molecular weight excluding hydrogens is 172 g/mol.